The summed E-state index contributed by atoms with van der Waals surface area (Å²) in [6.45, 7) is 2.60. The predicted molar refractivity (Wildman–Crippen MR) is 68.9 cm³/mol. The number of alkyl halides is 1. The van der Waals surface area contributed by atoms with Crippen LogP contribution in [0.25, 0.3) is 0 Å². The van der Waals surface area contributed by atoms with E-state index in [2.05, 4.69) is 28.2 Å². The molecule has 1 amide bonds. The fourth-order valence-electron chi connectivity index (χ4n) is 1.15. The van der Waals surface area contributed by atoms with E-state index in [0.717, 1.165) is 17.3 Å². The molecular weight excluding hydrogens is 298 g/mol. The van der Waals surface area contributed by atoms with E-state index in [-0.39, 0.29) is 11.3 Å². The molecule has 1 aromatic rings. The molecule has 0 aromatic carbocycles. The van der Waals surface area contributed by atoms with Gasteiger partial charge in [-0.3, -0.25) is 4.79 Å². The Kier molecular flexibility index (Phi) is 5.64. The van der Waals surface area contributed by atoms with Gasteiger partial charge in [-0.15, -0.1) is 22.9 Å². The lowest BCUT2D eigenvalue weighted by molar-refractivity contribution is 0.0956. The monoisotopic (exact) mass is 309 g/mol. The first-order valence-corrected chi connectivity index (χ1v) is 6.91. The van der Waals surface area contributed by atoms with Crippen molar-refractivity contribution in [3.63, 3.8) is 0 Å². The van der Waals surface area contributed by atoms with Gasteiger partial charge in [0.2, 0.25) is 0 Å². The summed E-state index contributed by atoms with van der Waals surface area (Å²) >= 11 is 10.7. The van der Waals surface area contributed by atoms with Crippen molar-refractivity contribution in [1.82, 2.24) is 5.32 Å². The van der Waals surface area contributed by atoms with Crippen molar-refractivity contribution in [2.24, 2.45) is 0 Å². The van der Waals surface area contributed by atoms with E-state index in [4.69, 9.17) is 11.6 Å². The normalized spacial score (nSPS) is 12.5. The Labute approximate surface area is 107 Å². The zero-order valence-corrected chi connectivity index (χ0v) is 11.6. The van der Waals surface area contributed by atoms with Gasteiger partial charge in [0.25, 0.3) is 5.91 Å². The van der Waals surface area contributed by atoms with Gasteiger partial charge in [-0.1, -0.05) is 13.3 Å². The van der Waals surface area contributed by atoms with Crippen molar-refractivity contribution in [1.29, 1.82) is 0 Å². The number of hydrogen-bond donors (Lipinski definition) is 1. The Morgan fingerprint density at radius 3 is 3.00 bits per heavy atom. The Morgan fingerprint density at radius 1 is 1.73 bits per heavy atom. The lowest BCUT2D eigenvalue weighted by Crippen LogP contribution is -2.29. The average Bonchev–Trinajstić information content (AvgIpc) is 2.61. The highest BCUT2D eigenvalue weighted by atomic mass is 79.9. The predicted octanol–water partition coefficient (Wildman–Crippen LogP) is 3.65. The molecule has 0 bridgehead atoms. The molecule has 0 saturated carbocycles. The molecule has 84 valence electrons. The average molecular weight is 311 g/mol. The third-order valence-corrected chi connectivity index (χ3v) is 4.12. The van der Waals surface area contributed by atoms with Crippen LogP contribution >= 0.6 is 38.9 Å². The molecule has 15 heavy (non-hydrogen) atoms. The van der Waals surface area contributed by atoms with E-state index >= 15 is 0 Å². The lowest BCUT2D eigenvalue weighted by atomic mass is 10.2. The number of thiophene rings is 1. The highest BCUT2D eigenvalue weighted by Gasteiger charge is 2.12. The van der Waals surface area contributed by atoms with Crippen LogP contribution in [0, 0.1) is 0 Å². The third-order valence-electron chi connectivity index (χ3n) is 1.91. The van der Waals surface area contributed by atoms with Crippen LogP contribution in [0.15, 0.2) is 15.9 Å². The minimum Gasteiger partial charge on any atom is -0.350 e. The number of amides is 1. The van der Waals surface area contributed by atoms with Crippen LogP contribution in [0.2, 0.25) is 0 Å². The molecule has 0 aliphatic rings. The smallest absolute Gasteiger partial charge is 0.262 e. The molecule has 5 heteroatoms. The maximum Gasteiger partial charge on any atom is 0.262 e. The molecule has 1 atom stereocenters. The second-order valence-electron chi connectivity index (χ2n) is 3.19. The largest absolute Gasteiger partial charge is 0.350 e. The first-order valence-electron chi connectivity index (χ1n) is 4.80. The fraction of sp³-hybridized carbons (Fsp3) is 0.500. The lowest BCUT2D eigenvalue weighted by Gasteiger charge is -2.08. The van der Waals surface area contributed by atoms with Crippen LogP contribution in [0.5, 0.6) is 0 Å². The number of nitrogens with one attached hydrogen (secondary N) is 1. The zero-order valence-electron chi connectivity index (χ0n) is 8.43. The number of rotatable bonds is 5. The minimum absolute atomic E-state index is 0.0256. The first-order chi connectivity index (χ1) is 7.15. The van der Waals surface area contributed by atoms with Crippen LogP contribution in [0.3, 0.4) is 0 Å². The molecular formula is C10H13BrClNOS. The van der Waals surface area contributed by atoms with Gasteiger partial charge in [-0.05, 0) is 33.8 Å². The molecule has 1 N–H and O–H groups in total. The molecule has 1 heterocycles. The molecule has 1 rings (SSSR count). The molecule has 0 fully saturated rings. The van der Waals surface area contributed by atoms with Gasteiger partial charge >= 0.3 is 0 Å². The summed E-state index contributed by atoms with van der Waals surface area (Å²) in [5.74, 6) is -0.0568. The summed E-state index contributed by atoms with van der Waals surface area (Å²) in [5, 5.41) is 4.72. The topological polar surface area (TPSA) is 29.1 Å². The number of hydrogen-bond acceptors (Lipinski definition) is 2. The van der Waals surface area contributed by atoms with Gasteiger partial charge in [0.1, 0.15) is 4.88 Å². The Morgan fingerprint density at radius 2 is 2.47 bits per heavy atom. The van der Waals surface area contributed by atoms with E-state index in [0.29, 0.717) is 11.4 Å². The summed E-state index contributed by atoms with van der Waals surface area (Å²) in [5.41, 5.74) is 0. The molecule has 2 nitrogen and oxygen atoms in total. The highest BCUT2D eigenvalue weighted by molar-refractivity contribution is 9.10. The minimum atomic E-state index is -0.0568. The molecule has 1 aromatic heterocycles. The van der Waals surface area contributed by atoms with Gasteiger partial charge in [-0.2, -0.15) is 0 Å². The summed E-state index contributed by atoms with van der Waals surface area (Å²) < 4.78 is 0.839. The second kappa shape index (κ2) is 6.51. The molecule has 1 unspecified atom stereocenters. The maximum atomic E-state index is 11.6. The van der Waals surface area contributed by atoms with Crippen molar-refractivity contribution < 1.29 is 4.79 Å². The molecule has 0 spiro atoms. The number of carbonyl (C=O) groups excluding carboxylic acids is 1. The quantitative estimate of drug-likeness (QED) is 0.826. The van der Waals surface area contributed by atoms with Crippen molar-refractivity contribution in [2.45, 2.75) is 25.1 Å². The van der Waals surface area contributed by atoms with E-state index in [1.807, 2.05) is 11.4 Å². The van der Waals surface area contributed by atoms with Crippen LogP contribution in [-0.2, 0) is 0 Å². The number of carbonyl (C=O) groups is 1. The summed E-state index contributed by atoms with van der Waals surface area (Å²) in [6, 6.07) is 1.86. The van der Waals surface area contributed by atoms with E-state index in [1.54, 1.807) is 0 Å². The highest BCUT2D eigenvalue weighted by Crippen LogP contribution is 2.22. The van der Waals surface area contributed by atoms with Crippen molar-refractivity contribution in [3.05, 3.63) is 20.8 Å². The first kappa shape index (κ1) is 13.0. The molecule has 0 aliphatic heterocycles. The van der Waals surface area contributed by atoms with E-state index in [9.17, 15) is 4.79 Å². The zero-order chi connectivity index (χ0) is 11.3. The molecule has 0 radical (unpaired) electrons. The molecule has 0 saturated heterocycles. The van der Waals surface area contributed by atoms with Gasteiger partial charge in [0.05, 0.1) is 5.38 Å². The van der Waals surface area contributed by atoms with Crippen LogP contribution < -0.4 is 5.32 Å². The van der Waals surface area contributed by atoms with Gasteiger partial charge < -0.3 is 5.32 Å². The second-order valence-corrected chi connectivity index (χ2v) is 5.58. The van der Waals surface area contributed by atoms with Crippen molar-refractivity contribution in [2.75, 3.05) is 6.54 Å². The Hall–Kier alpha value is -0.0600. The van der Waals surface area contributed by atoms with Crippen molar-refractivity contribution in [3.8, 4) is 0 Å². The van der Waals surface area contributed by atoms with Crippen LogP contribution in [0.4, 0.5) is 0 Å². The Balaban J connectivity index is 2.40. The standard InChI is InChI=1S/C10H13BrClNOS/c1-2-3-7(12)6-13-10(14)9-8(11)4-5-15-9/h4-5,7H,2-3,6H2,1H3,(H,13,14). The van der Waals surface area contributed by atoms with Crippen LogP contribution in [0.1, 0.15) is 29.4 Å². The summed E-state index contributed by atoms with van der Waals surface area (Å²) in [6.07, 6.45) is 1.96. The van der Waals surface area contributed by atoms with Gasteiger partial charge in [0, 0.05) is 11.0 Å². The summed E-state index contributed by atoms with van der Waals surface area (Å²) in [4.78, 5) is 12.4. The third kappa shape index (κ3) is 4.13. The number of halogens is 2. The van der Waals surface area contributed by atoms with Gasteiger partial charge in [-0.25, -0.2) is 0 Å². The van der Waals surface area contributed by atoms with Crippen LogP contribution in [-0.4, -0.2) is 17.8 Å². The molecule has 0 aliphatic carbocycles. The van der Waals surface area contributed by atoms with E-state index < -0.39 is 0 Å². The Bertz CT molecular complexity index is 329. The SMILES string of the molecule is CCCC(Cl)CNC(=O)c1sccc1Br. The maximum absolute atomic E-state index is 11.6. The van der Waals surface area contributed by atoms with Gasteiger partial charge in [0.15, 0.2) is 0 Å². The van der Waals surface area contributed by atoms with E-state index in [1.165, 1.54) is 11.3 Å². The van der Waals surface area contributed by atoms with Crippen molar-refractivity contribution >= 4 is 44.8 Å². The summed E-state index contributed by atoms with van der Waals surface area (Å²) in [7, 11) is 0. The fourth-order valence-corrected chi connectivity index (χ4v) is 2.92.